The van der Waals surface area contributed by atoms with E-state index in [4.69, 9.17) is 4.42 Å². The minimum Gasteiger partial charge on any atom is -0.456 e. The summed E-state index contributed by atoms with van der Waals surface area (Å²) >= 11 is 1.87. The van der Waals surface area contributed by atoms with E-state index >= 15 is 0 Å². The van der Waals surface area contributed by atoms with Gasteiger partial charge in [0.25, 0.3) is 0 Å². The lowest BCUT2D eigenvalue weighted by atomic mass is 9.97. The van der Waals surface area contributed by atoms with E-state index in [1.165, 1.54) is 53.2 Å². The number of furan rings is 1. The Balaban J connectivity index is 1.05. The number of hydrogen-bond acceptors (Lipinski definition) is 3. The average molecular weight is 720 g/mol. The van der Waals surface area contributed by atoms with Gasteiger partial charge in [0.05, 0.1) is 0 Å². The van der Waals surface area contributed by atoms with Crippen molar-refractivity contribution >= 4 is 81.3 Å². The van der Waals surface area contributed by atoms with Gasteiger partial charge in [0, 0.05) is 48.0 Å². The predicted molar refractivity (Wildman–Crippen MR) is 235 cm³/mol. The lowest BCUT2D eigenvalue weighted by Gasteiger charge is -2.26. The molecule has 258 valence electrons. The molecule has 11 rings (SSSR count). The van der Waals surface area contributed by atoms with Crippen LogP contribution in [0.2, 0.25) is 0 Å². The highest BCUT2D eigenvalue weighted by molar-refractivity contribution is 7.26. The van der Waals surface area contributed by atoms with E-state index in [1.54, 1.807) is 0 Å². The maximum Gasteiger partial charge on any atom is 0.136 e. The first-order chi connectivity index (χ1) is 27.3. The minimum atomic E-state index is 0.897. The lowest BCUT2D eigenvalue weighted by molar-refractivity contribution is 0.669. The number of para-hydroxylation sites is 1. The topological polar surface area (TPSA) is 16.4 Å². The third kappa shape index (κ3) is 5.32. The highest BCUT2D eigenvalue weighted by Crippen LogP contribution is 2.43. The second-order valence-electron chi connectivity index (χ2n) is 14.1. The molecular weight excluding hydrogens is 687 g/mol. The van der Waals surface area contributed by atoms with Crippen LogP contribution in [0, 0.1) is 0 Å². The van der Waals surface area contributed by atoms with E-state index in [1.807, 2.05) is 23.5 Å². The summed E-state index contributed by atoms with van der Waals surface area (Å²) in [7, 11) is 0. The standard InChI is InChI=1S/C52H33NOS/c1-2-15-41-34(11-1)12-8-18-42(41)35-25-29-38(30-26-35)53(39-31-27-36(28-32-39)44-20-9-21-46-45-16-4-6-24-50(45)55-52(44)46)40-14-7-13-37(33-40)43-19-10-23-49-51(43)47-17-3-5-22-48(47)54-49/h1-33H. The van der Waals surface area contributed by atoms with E-state index in [-0.39, 0.29) is 0 Å². The maximum absolute atomic E-state index is 6.29. The number of benzene rings is 9. The van der Waals surface area contributed by atoms with E-state index in [9.17, 15) is 0 Å². The molecule has 0 N–H and O–H groups in total. The van der Waals surface area contributed by atoms with E-state index < -0.39 is 0 Å². The largest absolute Gasteiger partial charge is 0.456 e. The Morgan fingerprint density at radius 1 is 0.364 bits per heavy atom. The highest BCUT2D eigenvalue weighted by atomic mass is 32.1. The molecule has 2 aromatic heterocycles. The molecule has 0 aliphatic rings. The summed E-state index contributed by atoms with van der Waals surface area (Å²) in [5.41, 5.74) is 12.3. The Labute approximate surface area is 322 Å². The Morgan fingerprint density at radius 3 is 1.78 bits per heavy atom. The van der Waals surface area contributed by atoms with Crippen LogP contribution in [0.15, 0.2) is 205 Å². The first kappa shape index (κ1) is 31.6. The second-order valence-corrected chi connectivity index (χ2v) is 15.1. The molecule has 0 bridgehead atoms. The highest BCUT2D eigenvalue weighted by Gasteiger charge is 2.18. The van der Waals surface area contributed by atoms with Crippen LogP contribution in [0.25, 0.3) is 86.3 Å². The fraction of sp³-hybridized carbons (Fsp3) is 0. The molecule has 11 aromatic rings. The number of fused-ring (bicyclic) bond motifs is 7. The van der Waals surface area contributed by atoms with Gasteiger partial charge in [-0.25, -0.2) is 0 Å². The third-order valence-electron chi connectivity index (χ3n) is 10.9. The third-order valence-corrected chi connectivity index (χ3v) is 12.1. The molecule has 55 heavy (non-hydrogen) atoms. The summed E-state index contributed by atoms with van der Waals surface area (Å²) in [6.07, 6.45) is 0. The smallest absolute Gasteiger partial charge is 0.136 e. The molecule has 0 saturated heterocycles. The zero-order valence-corrected chi connectivity index (χ0v) is 30.6. The van der Waals surface area contributed by atoms with Crippen LogP contribution in [-0.2, 0) is 0 Å². The minimum absolute atomic E-state index is 0.897. The van der Waals surface area contributed by atoms with Gasteiger partial charge in [-0.1, -0.05) is 146 Å². The van der Waals surface area contributed by atoms with Gasteiger partial charge >= 0.3 is 0 Å². The summed E-state index contributed by atoms with van der Waals surface area (Å²) < 4.78 is 8.93. The molecule has 9 aromatic carbocycles. The van der Waals surface area contributed by atoms with Crippen LogP contribution in [-0.4, -0.2) is 0 Å². The maximum atomic E-state index is 6.29. The molecule has 0 atom stereocenters. The van der Waals surface area contributed by atoms with Gasteiger partial charge in [-0.05, 0) is 98.8 Å². The molecule has 0 spiro atoms. The Bertz CT molecular complexity index is 3200. The number of thiophene rings is 1. The molecule has 2 nitrogen and oxygen atoms in total. The fourth-order valence-corrected chi connectivity index (χ4v) is 9.54. The zero-order chi connectivity index (χ0) is 36.3. The van der Waals surface area contributed by atoms with Crippen molar-refractivity contribution in [2.75, 3.05) is 4.90 Å². The van der Waals surface area contributed by atoms with Crippen molar-refractivity contribution < 1.29 is 4.42 Å². The first-order valence-corrected chi connectivity index (χ1v) is 19.5. The van der Waals surface area contributed by atoms with Gasteiger partial charge in [-0.3, -0.25) is 0 Å². The van der Waals surface area contributed by atoms with Gasteiger partial charge in [-0.2, -0.15) is 0 Å². The molecule has 2 heterocycles. The lowest BCUT2D eigenvalue weighted by Crippen LogP contribution is -2.10. The molecule has 0 radical (unpaired) electrons. The molecule has 0 saturated carbocycles. The van der Waals surface area contributed by atoms with Crippen LogP contribution in [0.5, 0.6) is 0 Å². The zero-order valence-electron chi connectivity index (χ0n) is 29.8. The Morgan fingerprint density at radius 2 is 0.945 bits per heavy atom. The van der Waals surface area contributed by atoms with E-state index in [0.29, 0.717) is 0 Å². The first-order valence-electron chi connectivity index (χ1n) is 18.7. The van der Waals surface area contributed by atoms with Gasteiger partial charge in [0.2, 0.25) is 0 Å². The van der Waals surface area contributed by atoms with E-state index in [2.05, 4.69) is 193 Å². The van der Waals surface area contributed by atoms with Crippen molar-refractivity contribution in [3.8, 4) is 33.4 Å². The van der Waals surface area contributed by atoms with Crippen molar-refractivity contribution in [3.63, 3.8) is 0 Å². The van der Waals surface area contributed by atoms with Crippen LogP contribution < -0.4 is 4.90 Å². The fourth-order valence-electron chi connectivity index (χ4n) is 8.31. The van der Waals surface area contributed by atoms with Crippen molar-refractivity contribution in [1.29, 1.82) is 0 Å². The normalized spacial score (nSPS) is 11.6. The number of rotatable bonds is 6. The summed E-state index contributed by atoms with van der Waals surface area (Å²) in [6.45, 7) is 0. The molecule has 0 fully saturated rings. The van der Waals surface area contributed by atoms with Gasteiger partial charge in [0.1, 0.15) is 11.2 Å². The molecule has 0 unspecified atom stereocenters. The van der Waals surface area contributed by atoms with Crippen molar-refractivity contribution in [2.24, 2.45) is 0 Å². The van der Waals surface area contributed by atoms with Gasteiger partial charge < -0.3 is 9.32 Å². The number of hydrogen-bond donors (Lipinski definition) is 0. The average Bonchev–Trinajstić information content (AvgIpc) is 3.83. The van der Waals surface area contributed by atoms with Crippen molar-refractivity contribution in [1.82, 2.24) is 0 Å². The molecule has 3 heteroatoms. The van der Waals surface area contributed by atoms with Gasteiger partial charge in [0.15, 0.2) is 0 Å². The van der Waals surface area contributed by atoms with E-state index in [0.717, 1.165) is 50.1 Å². The van der Waals surface area contributed by atoms with Gasteiger partial charge in [-0.15, -0.1) is 11.3 Å². The van der Waals surface area contributed by atoms with Crippen LogP contribution >= 0.6 is 11.3 Å². The van der Waals surface area contributed by atoms with Crippen LogP contribution in [0.1, 0.15) is 0 Å². The summed E-state index contributed by atoms with van der Waals surface area (Å²) in [4.78, 5) is 2.37. The SMILES string of the molecule is c1cc(-c2cccc3oc4ccccc4c23)cc(N(c2ccc(-c3cccc4ccccc34)cc2)c2ccc(-c3cccc4c3sc3ccccc34)cc2)c1. The Kier molecular flexibility index (Phi) is 7.39. The number of nitrogens with zero attached hydrogens (tertiary/aromatic N) is 1. The predicted octanol–water partition coefficient (Wildman–Crippen LogP) is 15.6. The summed E-state index contributed by atoms with van der Waals surface area (Å²) in [5, 5.41) is 7.40. The quantitative estimate of drug-likeness (QED) is 0.170. The Hall–Kier alpha value is -6.94. The van der Waals surface area contributed by atoms with Crippen molar-refractivity contribution in [2.45, 2.75) is 0 Å². The monoisotopic (exact) mass is 719 g/mol. The second kappa shape index (κ2) is 12.9. The number of anilines is 3. The molecular formula is C52H33NOS. The van der Waals surface area contributed by atoms with Crippen molar-refractivity contribution in [3.05, 3.63) is 200 Å². The molecule has 0 aliphatic heterocycles. The molecule has 0 amide bonds. The van der Waals surface area contributed by atoms with Crippen LogP contribution in [0.4, 0.5) is 17.1 Å². The van der Waals surface area contributed by atoms with Crippen LogP contribution in [0.3, 0.4) is 0 Å². The summed E-state index contributed by atoms with van der Waals surface area (Å²) in [6, 6.07) is 72.2. The molecule has 0 aliphatic carbocycles. The summed E-state index contributed by atoms with van der Waals surface area (Å²) in [5.74, 6) is 0.